The van der Waals surface area contributed by atoms with Gasteiger partial charge in [-0.25, -0.2) is 13.4 Å². The monoisotopic (exact) mass is 402 g/mol. The Morgan fingerprint density at radius 3 is 2.32 bits per heavy atom. The Morgan fingerprint density at radius 1 is 0.964 bits per heavy atom. The van der Waals surface area contributed by atoms with Crippen LogP contribution < -0.4 is 9.88 Å². The Bertz CT molecular complexity index is 858. The fourth-order valence-electron chi connectivity index (χ4n) is 4.02. The molecule has 2 aromatic rings. The topological polar surface area (TPSA) is 64.0 Å². The molecular formula is C21H28N3O3S+. The van der Waals surface area contributed by atoms with Gasteiger partial charge in [0.05, 0.1) is 26.3 Å². The summed E-state index contributed by atoms with van der Waals surface area (Å²) in [5.41, 5.74) is 1.41. The number of hydrogen-bond donors (Lipinski definition) is 0. The van der Waals surface area contributed by atoms with E-state index in [1.54, 1.807) is 12.3 Å². The number of nitrogens with one attached hydrogen (secondary N) is 1. The van der Waals surface area contributed by atoms with Crippen LogP contribution in [0.2, 0.25) is 0 Å². The lowest BCUT2D eigenvalue weighted by molar-refractivity contribution is -0.367. The van der Waals surface area contributed by atoms with E-state index in [4.69, 9.17) is 4.74 Å². The molecule has 0 radical (unpaired) electrons. The Labute approximate surface area is 167 Å². The van der Waals surface area contributed by atoms with Crippen LogP contribution in [0.1, 0.15) is 18.4 Å². The second-order valence-electron chi connectivity index (χ2n) is 7.55. The molecule has 2 saturated heterocycles. The molecule has 1 N–H and O–H groups in total. The number of rotatable bonds is 5. The first-order valence-electron chi connectivity index (χ1n) is 10.0. The number of nitrogens with zero attached hydrogens (tertiary/aromatic N) is 2. The van der Waals surface area contributed by atoms with E-state index in [0.717, 1.165) is 38.2 Å². The third kappa shape index (κ3) is 4.37. The van der Waals surface area contributed by atoms with E-state index in [2.05, 4.69) is 40.2 Å². The van der Waals surface area contributed by atoms with Gasteiger partial charge in [0, 0.05) is 19.2 Å². The van der Waals surface area contributed by atoms with Crippen LogP contribution in [0.15, 0.2) is 53.6 Å². The van der Waals surface area contributed by atoms with Gasteiger partial charge in [-0.2, -0.15) is 4.31 Å². The van der Waals surface area contributed by atoms with E-state index in [1.165, 1.54) is 9.87 Å². The second-order valence-corrected chi connectivity index (χ2v) is 9.48. The Kier molecular flexibility index (Phi) is 5.94. The molecule has 0 saturated carbocycles. The largest absolute Gasteiger partial charge is 0.379 e. The zero-order valence-electron chi connectivity index (χ0n) is 16.1. The van der Waals surface area contributed by atoms with Gasteiger partial charge in [-0.3, -0.25) is 4.90 Å². The van der Waals surface area contributed by atoms with E-state index in [0.29, 0.717) is 37.1 Å². The van der Waals surface area contributed by atoms with Gasteiger partial charge in [0.2, 0.25) is 10.0 Å². The number of ether oxygens (including phenoxy) is 1. The molecule has 7 heteroatoms. The first-order chi connectivity index (χ1) is 13.6. The quantitative estimate of drug-likeness (QED) is 0.767. The minimum atomic E-state index is -3.45. The summed E-state index contributed by atoms with van der Waals surface area (Å²) >= 11 is 0. The normalized spacial score (nSPS) is 19.6. The maximum absolute atomic E-state index is 12.7. The first kappa shape index (κ1) is 19.4. The molecule has 3 heterocycles. The number of H-pyrrole nitrogens is 1. The Balaban J connectivity index is 1.36. The van der Waals surface area contributed by atoms with E-state index < -0.39 is 10.0 Å². The summed E-state index contributed by atoms with van der Waals surface area (Å²) in [6.07, 6.45) is 5.05. The molecule has 0 amide bonds. The molecule has 2 aliphatic rings. The molecule has 4 rings (SSSR count). The van der Waals surface area contributed by atoms with Gasteiger partial charge in [-0.1, -0.05) is 30.3 Å². The molecule has 2 aliphatic heterocycles. The number of piperidine rings is 1. The van der Waals surface area contributed by atoms with Crippen molar-refractivity contribution in [2.45, 2.75) is 24.2 Å². The molecule has 1 aromatic carbocycles. The molecule has 6 nitrogen and oxygen atoms in total. The Morgan fingerprint density at radius 2 is 1.68 bits per heavy atom. The first-order valence-corrected chi connectivity index (χ1v) is 11.5. The van der Waals surface area contributed by atoms with Crippen molar-refractivity contribution in [2.24, 2.45) is 5.92 Å². The molecule has 0 unspecified atom stereocenters. The van der Waals surface area contributed by atoms with Gasteiger partial charge in [-0.15, -0.1) is 0 Å². The minimum Gasteiger partial charge on any atom is -0.379 e. The van der Waals surface area contributed by atoms with Gasteiger partial charge >= 0.3 is 0 Å². The maximum Gasteiger partial charge on any atom is 0.274 e. The van der Waals surface area contributed by atoms with Crippen LogP contribution in [0, 0.1) is 5.92 Å². The lowest BCUT2D eigenvalue weighted by atomic mass is 9.90. The molecule has 1 aromatic heterocycles. The summed E-state index contributed by atoms with van der Waals surface area (Å²) in [7, 11) is -3.45. The lowest BCUT2D eigenvalue weighted by Gasteiger charge is -2.28. The van der Waals surface area contributed by atoms with Crippen molar-refractivity contribution in [3.63, 3.8) is 0 Å². The fourth-order valence-corrected chi connectivity index (χ4v) is 5.40. The average molecular weight is 403 g/mol. The zero-order valence-corrected chi connectivity index (χ0v) is 16.9. The van der Waals surface area contributed by atoms with Gasteiger partial charge in [0.15, 0.2) is 0 Å². The molecule has 150 valence electrons. The number of pyridine rings is 1. The number of aromatic nitrogens is 1. The maximum atomic E-state index is 12.7. The highest BCUT2D eigenvalue weighted by molar-refractivity contribution is 7.89. The predicted octanol–water partition coefficient (Wildman–Crippen LogP) is 1.98. The van der Waals surface area contributed by atoms with Gasteiger partial charge in [0.1, 0.15) is 11.1 Å². The van der Waals surface area contributed by atoms with Crippen LogP contribution in [0.3, 0.4) is 0 Å². The number of morpholine rings is 1. The molecule has 0 aliphatic carbocycles. The summed E-state index contributed by atoms with van der Waals surface area (Å²) in [5, 5.41) is 0. The van der Waals surface area contributed by atoms with Gasteiger partial charge in [0.25, 0.3) is 5.82 Å². The van der Waals surface area contributed by atoms with E-state index in [-0.39, 0.29) is 0 Å². The van der Waals surface area contributed by atoms with Crippen LogP contribution in [0.4, 0.5) is 5.82 Å². The van der Waals surface area contributed by atoms with E-state index >= 15 is 0 Å². The Hall–Kier alpha value is -1.96. The minimum absolute atomic E-state index is 0.317. The predicted molar refractivity (Wildman–Crippen MR) is 108 cm³/mol. The zero-order chi connectivity index (χ0) is 19.4. The highest BCUT2D eigenvalue weighted by Gasteiger charge is 2.29. The summed E-state index contributed by atoms with van der Waals surface area (Å²) in [6, 6.07) is 14.3. The lowest BCUT2D eigenvalue weighted by Crippen LogP contribution is -2.41. The molecule has 2 fully saturated rings. The number of hydrogen-bond acceptors (Lipinski definition) is 4. The van der Waals surface area contributed by atoms with Crippen LogP contribution in [-0.4, -0.2) is 52.1 Å². The second kappa shape index (κ2) is 8.59. The van der Waals surface area contributed by atoms with Crippen molar-refractivity contribution in [3.8, 4) is 0 Å². The highest BCUT2D eigenvalue weighted by atomic mass is 32.2. The molecule has 0 bridgehead atoms. The SMILES string of the molecule is O=S(=O)(c1ccc(N2CCC(Cc3ccccc3)CC2)[nH+]c1)N1CCOCC1. The number of anilines is 1. The van der Waals surface area contributed by atoms with E-state index in [9.17, 15) is 8.42 Å². The molecule has 28 heavy (non-hydrogen) atoms. The van der Waals surface area contributed by atoms with Crippen LogP contribution >= 0.6 is 0 Å². The van der Waals surface area contributed by atoms with E-state index in [1.807, 2.05) is 6.07 Å². The van der Waals surface area contributed by atoms with Crippen molar-refractivity contribution < 1.29 is 18.1 Å². The fraction of sp³-hybridized carbons (Fsp3) is 0.476. The molecule has 0 atom stereocenters. The number of benzene rings is 1. The summed E-state index contributed by atoms with van der Waals surface area (Å²) in [5.74, 6) is 1.69. The standard InChI is InChI=1S/C21H27N3O3S/c25-28(26,24-12-14-27-15-13-24)20-6-7-21(22-17-20)23-10-8-19(9-11-23)16-18-4-2-1-3-5-18/h1-7,17,19H,8-16H2/p+1. The van der Waals surface area contributed by atoms with Crippen molar-refractivity contribution in [3.05, 3.63) is 54.2 Å². The number of aromatic amines is 1. The van der Waals surface area contributed by atoms with Gasteiger partial charge in [-0.05, 0) is 36.8 Å². The summed E-state index contributed by atoms with van der Waals surface area (Å²) in [4.78, 5) is 5.83. The third-order valence-electron chi connectivity index (χ3n) is 5.70. The van der Waals surface area contributed by atoms with Crippen LogP contribution in [0.5, 0.6) is 0 Å². The van der Waals surface area contributed by atoms with Crippen molar-refractivity contribution in [2.75, 3.05) is 44.3 Å². The van der Waals surface area contributed by atoms with Crippen molar-refractivity contribution in [1.29, 1.82) is 0 Å². The highest BCUT2D eigenvalue weighted by Crippen LogP contribution is 2.24. The summed E-state index contributed by atoms with van der Waals surface area (Å²) in [6.45, 7) is 3.73. The molecular weight excluding hydrogens is 374 g/mol. The van der Waals surface area contributed by atoms with Gasteiger partial charge < -0.3 is 4.74 Å². The van der Waals surface area contributed by atoms with Crippen molar-refractivity contribution in [1.82, 2.24) is 4.31 Å². The smallest absolute Gasteiger partial charge is 0.274 e. The molecule has 0 spiro atoms. The third-order valence-corrected chi connectivity index (χ3v) is 7.59. The van der Waals surface area contributed by atoms with Crippen molar-refractivity contribution >= 4 is 15.8 Å². The number of sulfonamides is 1. The van der Waals surface area contributed by atoms with Crippen LogP contribution in [0.25, 0.3) is 0 Å². The average Bonchev–Trinajstić information content (AvgIpc) is 2.76. The summed E-state index contributed by atoms with van der Waals surface area (Å²) < 4.78 is 32.2. The van der Waals surface area contributed by atoms with Crippen LogP contribution in [-0.2, 0) is 21.2 Å².